The number of nitrogens with zero attached hydrogens (tertiary/aromatic N) is 1. The van der Waals surface area contributed by atoms with Gasteiger partial charge in [0.15, 0.2) is 0 Å². The van der Waals surface area contributed by atoms with Gasteiger partial charge in [-0.25, -0.2) is 0 Å². The number of rotatable bonds is 7. The summed E-state index contributed by atoms with van der Waals surface area (Å²) in [6, 6.07) is 71.2. The third-order valence-electron chi connectivity index (χ3n) is 9.48. The summed E-state index contributed by atoms with van der Waals surface area (Å²) < 4.78 is 6.39. The summed E-state index contributed by atoms with van der Waals surface area (Å²) in [7, 11) is 0. The van der Waals surface area contributed by atoms with Crippen molar-refractivity contribution < 1.29 is 4.42 Å². The summed E-state index contributed by atoms with van der Waals surface area (Å²) in [5.74, 6) is 0. The molecule has 0 saturated heterocycles. The molecule has 9 rings (SSSR count). The molecule has 1 heterocycles. The molecule has 9 aromatic rings. The molecular weight excluding hydrogens is 607 g/mol. The van der Waals surface area contributed by atoms with E-state index in [1.54, 1.807) is 0 Å². The first-order valence-electron chi connectivity index (χ1n) is 17.0. The largest absolute Gasteiger partial charge is 0.456 e. The molecule has 0 bridgehead atoms. The number of furan rings is 1. The minimum absolute atomic E-state index is 0.887. The van der Waals surface area contributed by atoms with Crippen LogP contribution in [0.25, 0.3) is 66.4 Å². The van der Waals surface area contributed by atoms with Gasteiger partial charge in [-0.05, 0) is 93.5 Å². The third-order valence-corrected chi connectivity index (χ3v) is 9.48. The topological polar surface area (TPSA) is 16.4 Å². The molecule has 0 N–H and O–H groups in total. The molecule has 8 aromatic carbocycles. The fourth-order valence-corrected chi connectivity index (χ4v) is 7.05. The van der Waals surface area contributed by atoms with Crippen LogP contribution < -0.4 is 4.90 Å². The van der Waals surface area contributed by atoms with Gasteiger partial charge < -0.3 is 9.32 Å². The standard InChI is InChI=1S/C48H33NO/c1-5-15-34(16-6-1)35-25-28-40(29-26-35)49(39-21-11-4-12-22-39)46-33-44(36-17-7-2-8-18-36)43(32-45(46)37-19-9-3-10-20-37)38-27-30-42-41-23-13-14-24-47(41)50-48(42)31-38/h1-33H. The van der Waals surface area contributed by atoms with Crippen molar-refractivity contribution in [3.8, 4) is 44.5 Å². The van der Waals surface area contributed by atoms with E-state index in [1.165, 1.54) is 11.1 Å². The van der Waals surface area contributed by atoms with Crippen LogP contribution in [-0.4, -0.2) is 0 Å². The Bertz CT molecular complexity index is 2560. The fourth-order valence-electron chi connectivity index (χ4n) is 7.05. The van der Waals surface area contributed by atoms with Crippen molar-refractivity contribution in [1.82, 2.24) is 0 Å². The van der Waals surface area contributed by atoms with Crippen LogP contribution in [0.4, 0.5) is 17.1 Å². The summed E-state index contributed by atoms with van der Waals surface area (Å²) in [6.45, 7) is 0. The molecule has 2 nitrogen and oxygen atoms in total. The molecular formula is C48H33NO. The number of hydrogen-bond acceptors (Lipinski definition) is 2. The lowest BCUT2D eigenvalue weighted by Crippen LogP contribution is -2.11. The molecule has 0 amide bonds. The Morgan fingerprint density at radius 1 is 0.300 bits per heavy atom. The van der Waals surface area contributed by atoms with Crippen LogP contribution in [-0.2, 0) is 0 Å². The summed E-state index contributed by atoms with van der Waals surface area (Å²) in [4.78, 5) is 2.38. The highest BCUT2D eigenvalue weighted by atomic mass is 16.3. The van der Waals surface area contributed by atoms with Gasteiger partial charge >= 0.3 is 0 Å². The van der Waals surface area contributed by atoms with Gasteiger partial charge in [0.05, 0.1) is 5.69 Å². The van der Waals surface area contributed by atoms with Crippen molar-refractivity contribution >= 4 is 39.0 Å². The lowest BCUT2D eigenvalue weighted by Gasteiger charge is -2.29. The number of para-hydroxylation sites is 2. The maximum absolute atomic E-state index is 6.39. The normalized spacial score (nSPS) is 11.2. The average molecular weight is 640 g/mol. The van der Waals surface area contributed by atoms with Crippen molar-refractivity contribution in [2.75, 3.05) is 4.90 Å². The van der Waals surface area contributed by atoms with Crippen LogP contribution in [0.2, 0.25) is 0 Å². The van der Waals surface area contributed by atoms with Gasteiger partial charge in [0.25, 0.3) is 0 Å². The van der Waals surface area contributed by atoms with Gasteiger partial charge in [0.1, 0.15) is 11.2 Å². The molecule has 0 fully saturated rings. The predicted molar refractivity (Wildman–Crippen MR) is 210 cm³/mol. The first-order chi connectivity index (χ1) is 24.8. The molecule has 2 heteroatoms. The minimum atomic E-state index is 0.887. The van der Waals surface area contributed by atoms with E-state index >= 15 is 0 Å². The van der Waals surface area contributed by atoms with Crippen LogP contribution in [0.3, 0.4) is 0 Å². The maximum Gasteiger partial charge on any atom is 0.136 e. The highest BCUT2D eigenvalue weighted by Crippen LogP contribution is 2.47. The predicted octanol–water partition coefficient (Wildman–Crippen LogP) is 13.7. The SMILES string of the molecule is c1ccc(-c2ccc(N(c3ccccc3)c3cc(-c4ccccc4)c(-c4ccc5c(c4)oc4ccccc45)cc3-c3ccccc3)cc2)cc1. The summed E-state index contributed by atoms with van der Waals surface area (Å²) in [6.07, 6.45) is 0. The Morgan fingerprint density at radius 2 is 0.780 bits per heavy atom. The lowest BCUT2D eigenvalue weighted by atomic mass is 9.89. The van der Waals surface area contributed by atoms with E-state index in [4.69, 9.17) is 4.42 Å². The lowest BCUT2D eigenvalue weighted by molar-refractivity contribution is 0.669. The second kappa shape index (κ2) is 12.8. The zero-order valence-electron chi connectivity index (χ0n) is 27.4. The molecule has 0 aliphatic rings. The van der Waals surface area contributed by atoms with Crippen molar-refractivity contribution in [2.45, 2.75) is 0 Å². The Labute approximate surface area is 292 Å². The first kappa shape index (κ1) is 29.5. The monoisotopic (exact) mass is 639 g/mol. The molecule has 0 radical (unpaired) electrons. The van der Waals surface area contributed by atoms with E-state index in [0.29, 0.717) is 0 Å². The van der Waals surface area contributed by atoms with Crippen LogP contribution >= 0.6 is 0 Å². The maximum atomic E-state index is 6.39. The van der Waals surface area contributed by atoms with Gasteiger partial charge in [-0.2, -0.15) is 0 Å². The van der Waals surface area contributed by atoms with Gasteiger partial charge in [-0.15, -0.1) is 0 Å². The Balaban J connectivity index is 1.30. The fraction of sp³-hybridized carbons (Fsp3) is 0. The van der Waals surface area contributed by atoms with E-state index in [1.807, 2.05) is 12.1 Å². The molecule has 0 aliphatic carbocycles. The van der Waals surface area contributed by atoms with Crippen molar-refractivity contribution in [1.29, 1.82) is 0 Å². The van der Waals surface area contributed by atoms with E-state index in [0.717, 1.165) is 72.4 Å². The van der Waals surface area contributed by atoms with E-state index in [9.17, 15) is 0 Å². The first-order valence-corrected chi connectivity index (χ1v) is 17.0. The molecule has 0 atom stereocenters. The number of hydrogen-bond donors (Lipinski definition) is 0. The van der Waals surface area contributed by atoms with Gasteiger partial charge in [-0.3, -0.25) is 0 Å². The number of benzene rings is 8. The molecule has 0 aliphatic heterocycles. The summed E-state index contributed by atoms with van der Waals surface area (Å²) in [5.41, 5.74) is 14.3. The Morgan fingerprint density at radius 3 is 1.46 bits per heavy atom. The van der Waals surface area contributed by atoms with Crippen molar-refractivity contribution in [3.05, 3.63) is 200 Å². The molecule has 0 saturated carbocycles. The summed E-state index contributed by atoms with van der Waals surface area (Å²) in [5, 5.41) is 2.26. The second-order valence-electron chi connectivity index (χ2n) is 12.5. The van der Waals surface area contributed by atoms with Crippen LogP contribution in [0.5, 0.6) is 0 Å². The van der Waals surface area contributed by atoms with Crippen LogP contribution in [0, 0.1) is 0 Å². The number of fused-ring (bicyclic) bond motifs is 3. The smallest absolute Gasteiger partial charge is 0.136 e. The van der Waals surface area contributed by atoms with Gasteiger partial charge in [0.2, 0.25) is 0 Å². The number of anilines is 3. The Kier molecular flexibility index (Phi) is 7.53. The van der Waals surface area contributed by atoms with Gasteiger partial charge in [0, 0.05) is 27.7 Å². The molecule has 1 aromatic heterocycles. The quantitative estimate of drug-likeness (QED) is 0.173. The zero-order valence-corrected chi connectivity index (χ0v) is 27.4. The second-order valence-corrected chi connectivity index (χ2v) is 12.5. The molecule has 50 heavy (non-hydrogen) atoms. The Hall–Kier alpha value is -6.64. The minimum Gasteiger partial charge on any atom is -0.456 e. The molecule has 0 spiro atoms. The van der Waals surface area contributed by atoms with E-state index < -0.39 is 0 Å². The zero-order chi connectivity index (χ0) is 33.3. The van der Waals surface area contributed by atoms with Crippen LogP contribution in [0.1, 0.15) is 0 Å². The van der Waals surface area contributed by atoms with Gasteiger partial charge in [-0.1, -0.05) is 146 Å². The van der Waals surface area contributed by atoms with Crippen molar-refractivity contribution in [2.24, 2.45) is 0 Å². The molecule has 0 unspecified atom stereocenters. The third kappa shape index (κ3) is 5.43. The highest BCUT2D eigenvalue weighted by molar-refractivity contribution is 6.07. The summed E-state index contributed by atoms with van der Waals surface area (Å²) >= 11 is 0. The molecule has 236 valence electrons. The van der Waals surface area contributed by atoms with Crippen molar-refractivity contribution in [3.63, 3.8) is 0 Å². The van der Waals surface area contributed by atoms with Crippen LogP contribution in [0.15, 0.2) is 205 Å². The van der Waals surface area contributed by atoms with E-state index in [-0.39, 0.29) is 0 Å². The highest BCUT2D eigenvalue weighted by Gasteiger charge is 2.22. The average Bonchev–Trinajstić information content (AvgIpc) is 3.57. The van der Waals surface area contributed by atoms with E-state index in [2.05, 4.69) is 193 Å².